The first-order valence-electron chi connectivity index (χ1n) is 9.49. The van der Waals surface area contributed by atoms with Gasteiger partial charge in [-0.05, 0) is 36.2 Å². The number of phenolic OH excluding ortho intramolecular Hbond substituents is 1. The molecule has 1 saturated heterocycles. The maximum atomic E-state index is 12.9. The van der Waals surface area contributed by atoms with Crippen LogP contribution in [-0.2, 0) is 9.59 Å². The Morgan fingerprint density at radius 1 is 1.19 bits per heavy atom. The van der Waals surface area contributed by atoms with E-state index < -0.39 is 39.9 Å². The fourth-order valence-corrected chi connectivity index (χ4v) is 3.75. The molecule has 1 fully saturated rings. The number of nitro benzene ring substituents is 1. The number of nitrogens with zero attached hydrogens (tertiary/aromatic N) is 2. The number of benzene rings is 2. The summed E-state index contributed by atoms with van der Waals surface area (Å²) in [5.41, 5.74) is -0.309. The van der Waals surface area contributed by atoms with Crippen LogP contribution in [0.5, 0.6) is 17.2 Å². The average Bonchev–Trinajstić information content (AvgIpc) is 3.31. The number of Topliss-reactive ketones (excluding diaryl/α,β-unsaturated/α-hetero) is 1. The molecule has 2 aliphatic heterocycles. The lowest BCUT2D eigenvalue weighted by Gasteiger charge is -2.24. The Bertz CT molecular complexity index is 1140. The van der Waals surface area contributed by atoms with E-state index >= 15 is 0 Å². The van der Waals surface area contributed by atoms with Crippen LogP contribution < -0.4 is 9.47 Å². The van der Waals surface area contributed by atoms with Gasteiger partial charge in [0.1, 0.15) is 5.76 Å². The van der Waals surface area contributed by atoms with Crippen LogP contribution >= 0.6 is 0 Å². The van der Waals surface area contributed by atoms with E-state index in [0.29, 0.717) is 17.9 Å². The van der Waals surface area contributed by atoms with Crippen LogP contribution in [0.15, 0.2) is 42.0 Å². The van der Waals surface area contributed by atoms with E-state index in [-0.39, 0.29) is 30.0 Å². The van der Waals surface area contributed by atoms with Crippen molar-refractivity contribution in [3.63, 3.8) is 0 Å². The van der Waals surface area contributed by atoms with Crippen LogP contribution in [0.25, 0.3) is 5.76 Å². The summed E-state index contributed by atoms with van der Waals surface area (Å²) >= 11 is 0. The lowest BCUT2D eigenvalue weighted by molar-refractivity contribution is -0.385. The van der Waals surface area contributed by atoms with Gasteiger partial charge in [0.2, 0.25) is 6.79 Å². The molecule has 10 heteroatoms. The lowest BCUT2D eigenvalue weighted by Crippen LogP contribution is -2.30. The maximum absolute atomic E-state index is 12.9. The third-order valence-corrected chi connectivity index (χ3v) is 5.16. The number of aliphatic hydroxyl groups is 1. The summed E-state index contributed by atoms with van der Waals surface area (Å²) in [6.45, 7) is 2.03. The van der Waals surface area contributed by atoms with Gasteiger partial charge in [-0.2, -0.15) is 0 Å². The monoisotopic (exact) mass is 426 g/mol. The Morgan fingerprint density at radius 2 is 1.94 bits per heavy atom. The average molecular weight is 426 g/mol. The van der Waals surface area contributed by atoms with E-state index in [9.17, 15) is 29.9 Å². The zero-order chi connectivity index (χ0) is 22.3. The molecule has 160 valence electrons. The molecule has 31 heavy (non-hydrogen) atoms. The molecule has 0 saturated carbocycles. The lowest BCUT2D eigenvalue weighted by atomic mass is 9.94. The minimum absolute atomic E-state index is 0.0254. The summed E-state index contributed by atoms with van der Waals surface area (Å²) in [5.74, 6) is -1.83. The number of ketones is 1. The van der Waals surface area contributed by atoms with E-state index in [4.69, 9.17) is 9.47 Å². The highest BCUT2D eigenvalue weighted by Gasteiger charge is 2.46. The van der Waals surface area contributed by atoms with E-state index in [1.54, 1.807) is 6.07 Å². The Kier molecular flexibility index (Phi) is 4.97. The highest BCUT2D eigenvalue weighted by Crippen LogP contribution is 2.43. The number of phenols is 1. The molecule has 2 aromatic carbocycles. The van der Waals surface area contributed by atoms with Gasteiger partial charge in [0, 0.05) is 18.2 Å². The predicted molar refractivity (Wildman–Crippen MR) is 107 cm³/mol. The second kappa shape index (κ2) is 7.63. The standard InChI is InChI=1S/C21H18N2O8/c1-2-7-22-18(11-3-5-14(24)13(8-11)23(28)29)17(20(26)21(22)27)19(25)12-4-6-15-16(9-12)31-10-30-15/h3-6,8-9,18,24-25H,2,7,10H2,1H3/b19-17+. The van der Waals surface area contributed by atoms with Crippen molar-refractivity contribution < 1.29 is 34.2 Å². The SMILES string of the molecule is CCCN1C(=O)C(=O)/C(=C(/O)c2ccc3c(c2)OCO3)C1c1ccc(O)c([N+](=O)[O-])c1. The van der Waals surface area contributed by atoms with Crippen LogP contribution in [0.3, 0.4) is 0 Å². The van der Waals surface area contributed by atoms with E-state index in [1.165, 1.54) is 23.1 Å². The topological polar surface area (TPSA) is 139 Å². The van der Waals surface area contributed by atoms with Gasteiger partial charge in [0.15, 0.2) is 17.2 Å². The number of likely N-dealkylation sites (tertiary alicyclic amines) is 1. The summed E-state index contributed by atoms with van der Waals surface area (Å²) in [6, 6.07) is 7.13. The van der Waals surface area contributed by atoms with E-state index in [2.05, 4.69) is 0 Å². The molecule has 1 unspecified atom stereocenters. The molecule has 2 N–H and O–H groups in total. The number of hydrogen-bond acceptors (Lipinski definition) is 8. The number of aromatic hydroxyl groups is 1. The molecule has 2 aromatic rings. The highest BCUT2D eigenvalue weighted by atomic mass is 16.7. The second-order valence-corrected chi connectivity index (χ2v) is 7.07. The highest BCUT2D eigenvalue weighted by molar-refractivity contribution is 6.46. The smallest absolute Gasteiger partial charge is 0.311 e. The predicted octanol–water partition coefficient (Wildman–Crippen LogP) is 2.86. The van der Waals surface area contributed by atoms with Gasteiger partial charge in [-0.1, -0.05) is 13.0 Å². The van der Waals surface area contributed by atoms with Crippen LogP contribution in [-0.4, -0.2) is 45.1 Å². The van der Waals surface area contributed by atoms with Gasteiger partial charge in [-0.15, -0.1) is 0 Å². The summed E-state index contributed by atoms with van der Waals surface area (Å²) in [4.78, 5) is 37.3. The van der Waals surface area contributed by atoms with Crippen molar-refractivity contribution in [3.8, 4) is 17.2 Å². The number of aliphatic hydroxyl groups excluding tert-OH is 1. The van der Waals surface area contributed by atoms with Gasteiger partial charge in [-0.25, -0.2) is 0 Å². The second-order valence-electron chi connectivity index (χ2n) is 7.07. The summed E-state index contributed by atoms with van der Waals surface area (Å²) < 4.78 is 10.6. The van der Waals surface area contributed by atoms with Crippen molar-refractivity contribution in [2.24, 2.45) is 0 Å². The molecule has 10 nitrogen and oxygen atoms in total. The largest absolute Gasteiger partial charge is 0.507 e. The van der Waals surface area contributed by atoms with Crippen LogP contribution in [0, 0.1) is 10.1 Å². The fourth-order valence-electron chi connectivity index (χ4n) is 3.75. The quantitative estimate of drug-likeness (QED) is 0.245. The third-order valence-electron chi connectivity index (χ3n) is 5.16. The summed E-state index contributed by atoms with van der Waals surface area (Å²) in [7, 11) is 0. The van der Waals surface area contributed by atoms with Crippen molar-refractivity contribution in [1.29, 1.82) is 0 Å². The minimum Gasteiger partial charge on any atom is -0.507 e. The first kappa shape index (κ1) is 20.2. The first-order valence-corrected chi connectivity index (χ1v) is 9.49. The van der Waals surface area contributed by atoms with E-state index in [0.717, 1.165) is 12.1 Å². The Hall–Kier alpha value is -4.08. The van der Waals surface area contributed by atoms with Crippen molar-refractivity contribution in [2.45, 2.75) is 19.4 Å². The molecule has 0 aromatic heterocycles. The number of fused-ring (bicyclic) bond motifs is 1. The van der Waals surface area contributed by atoms with Gasteiger partial charge in [0.25, 0.3) is 11.7 Å². The Balaban J connectivity index is 1.89. The zero-order valence-corrected chi connectivity index (χ0v) is 16.4. The van der Waals surface area contributed by atoms with E-state index in [1.807, 2.05) is 6.92 Å². The zero-order valence-electron chi connectivity index (χ0n) is 16.4. The van der Waals surface area contributed by atoms with Crippen molar-refractivity contribution in [1.82, 2.24) is 4.90 Å². The van der Waals surface area contributed by atoms with Gasteiger partial charge >= 0.3 is 5.69 Å². The van der Waals surface area contributed by atoms with Gasteiger partial charge in [-0.3, -0.25) is 19.7 Å². The molecule has 0 aliphatic carbocycles. The fraction of sp³-hybridized carbons (Fsp3) is 0.238. The number of rotatable bonds is 5. The normalized spacial score (nSPS) is 19.1. The molecule has 0 bridgehead atoms. The van der Waals surface area contributed by atoms with Crippen LogP contribution in [0.4, 0.5) is 5.69 Å². The molecule has 0 spiro atoms. The molecule has 0 radical (unpaired) electrons. The third kappa shape index (κ3) is 3.31. The van der Waals surface area contributed by atoms with Crippen LogP contribution in [0.1, 0.15) is 30.5 Å². The molecule has 2 heterocycles. The summed E-state index contributed by atoms with van der Waals surface area (Å²) in [5, 5.41) is 32.1. The number of nitro groups is 1. The Morgan fingerprint density at radius 3 is 2.65 bits per heavy atom. The molecule has 1 amide bonds. The van der Waals surface area contributed by atoms with Gasteiger partial charge in [0.05, 0.1) is 16.5 Å². The molecular weight excluding hydrogens is 408 g/mol. The summed E-state index contributed by atoms with van der Waals surface area (Å²) in [6.07, 6.45) is 0.522. The molecule has 2 aliphatic rings. The Labute approximate surface area is 176 Å². The molecule has 1 atom stereocenters. The molecular formula is C21H18N2O8. The minimum atomic E-state index is -1.05. The maximum Gasteiger partial charge on any atom is 0.311 e. The van der Waals surface area contributed by atoms with Crippen LogP contribution in [0.2, 0.25) is 0 Å². The number of amides is 1. The number of ether oxygens (including phenoxy) is 2. The number of carbonyl (C=O) groups excluding carboxylic acids is 2. The number of carbonyl (C=O) groups is 2. The molecule has 4 rings (SSSR count). The van der Waals surface area contributed by atoms with Gasteiger partial charge < -0.3 is 24.6 Å². The first-order chi connectivity index (χ1) is 14.8. The van der Waals surface area contributed by atoms with Crippen molar-refractivity contribution in [2.75, 3.05) is 13.3 Å². The number of hydrogen-bond donors (Lipinski definition) is 2. The van der Waals surface area contributed by atoms with Crippen molar-refractivity contribution >= 4 is 23.1 Å². The van der Waals surface area contributed by atoms with Crippen molar-refractivity contribution in [3.05, 3.63) is 63.2 Å².